The van der Waals surface area contributed by atoms with Crippen LogP contribution in [0.4, 0.5) is 0 Å². The quantitative estimate of drug-likeness (QED) is 0.741. The van der Waals surface area contributed by atoms with E-state index in [0.29, 0.717) is 16.3 Å². The molecule has 2 nitrogen and oxygen atoms in total. The van der Waals surface area contributed by atoms with Crippen molar-refractivity contribution in [2.45, 2.75) is 6.92 Å². The van der Waals surface area contributed by atoms with Crippen molar-refractivity contribution < 1.29 is 9.53 Å². The summed E-state index contributed by atoms with van der Waals surface area (Å²) in [6.45, 7) is 1.55. The molecule has 0 aliphatic rings. The van der Waals surface area contributed by atoms with Crippen LogP contribution in [0.5, 0.6) is 5.75 Å². The molecule has 2 aromatic carbocycles. The molecule has 0 spiro atoms. The van der Waals surface area contributed by atoms with Gasteiger partial charge in [-0.15, -0.1) is 0 Å². The second-order valence-electron chi connectivity index (χ2n) is 3.57. The van der Waals surface area contributed by atoms with Crippen LogP contribution in [0, 0.1) is 0 Å². The minimum Gasteiger partial charge on any atom is -0.495 e. The highest BCUT2D eigenvalue weighted by molar-refractivity contribution is 6.37. The minimum atomic E-state index is 0.0499. The maximum Gasteiger partial charge on any atom is 0.159 e. The van der Waals surface area contributed by atoms with Crippen molar-refractivity contribution in [2.24, 2.45) is 0 Å². The molecule has 0 saturated carbocycles. The van der Waals surface area contributed by atoms with Gasteiger partial charge in [-0.05, 0) is 24.4 Å². The third-order valence-electron chi connectivity index (χ3n) is 2.55. The van der Waals surface area contributed by atoms with E-state index >= 15 is 0 Å². The predicted molar refractivity (Wildman–Crippen MR) is 65.5 cm³/mol. The van der Waals surface area contributed by atoms with Gasteiger partial charge in [0.15, 0.2) is 5.78 Å². The molecule has 0 saturated heterocycles. The van der Waals surface area contributed by atoms with Gasteiger partial charge in [-0.1, -0.05) is 29.8 Å². The van der Waals surface area contributed by atoms with Gasteiger partial charge in [0.25, 0.3) is 0 Å². The lowest BCUT2D eigenvalue weighted by Crippen LogP contribution is -1.92. The van der Waals surface area contributed by atoms with Gasteiger partial charge in [0, 0.05) is 10.9 Å². The number of benzene rings is 2. The Morgan fingerprint density at radius 1 is 1.25 bits per heavy atom. The third-order valence-corrected chi connectivity index (χ3v) is 2.93. The van der Waals surface area contributed by atoms with Crippen molar-refractivity contribution >= 4 is 28.2 Å². The van der Waals surface area contributed by atoms with Gasteiger partial charge < -0.3 is 4.74 Å². The molecule has 0 amide bonds. The Labute approximate surface area is 98.8 Å². The van der Waals surface area contributed by atoms with E-state index in [9.17, 15) is 4.79 Å². The summed E-state index contributed by atoms with van der Waals surface area (Å²) in [4.78, 5) is 11.2. The molecular formula is C13H11ClO2. The van der Waals surface area contributed by atoms with Crippen LogP contribution < -0.4 is 4.74 Å². The Bertz CT molecular complexity index is 561. The molecule has 16 heavy (non-hydrogen) atoms. The molecule has 0 radical (unpaired) electrons. The molecule has 0 atom stereocenters. The molecule has 0 N–H and O–H groups in total. The smallest absolute Gasteiger partial charge is 0.159 e. The summed E-state index contributed by atoms with van der Waals surface area (Å²) in [7, 11) is 1.58. The van der Waals surface area contributed by atoms with Gasteiger partial charge in [0.05, 0.1) is 12.1 Å². The number of rotatable bonds is 2. The number of hydrogen-bond acceptors (Lipinski definition) is 2. The van der Waals surface area contributed by atoms with Crippen LogP contribution in [-0.2, 0) is 0 Å². The largest absolute Gasteiger partial charge is 0.495 e. The normalized spacial score (nSPS) is 10.4. The molecule has 2 rings (SSSR count). The van der Waals surface area contributed by atoms with E-state index in [-0.39, 0.29) is 5.78 Å². The molecule has 82 valence electrons. The van der Waals surface area contributed by atoms with Crippen molar-refractivity contribution in [3.8, 4) is 5.75 Å². The molecule has 3 heteroatoms. The van der Waals surface area contributed by atoms with Crippen molar-refractivity contribution in [1.82, 2.24) is 0 Å². The van der Waals surface area contributed by atoms with Crippen LogP contribution in [0.25, 0.3) is 10.8 Å². The van der Waals surface area contributed by atoms with E-state index in [0.717, 1.165) is 10.8 Å². The SMILES string of the molecule is COc1ccc2cc(C(C)=O)ccc2c1Cl. The average molecular weight is 235 g/mol. The second-order valence-corrected chi connectivity index (χ2v) is 3.95. The summed E-state index contributed by atoms with van der Waals surface area (Å²) in [5, 5.41) is 2.42. The topological polar surface area (TPSA) is 26.3 Å². The molecule has 0 aromatic heterocycles. The first-order valence-electron chi connectivity index (χ1n) is 4.90. The summed E-state index contributed by atoms with van der Waals surface area (Å²) >= 11 is 6.16. The third kappa shape index (κ3) is 1.76. The van der Waals surface area contributed by atoms with Gasteiger partial charge in [-0.3, -0.25) is 4.79 Å². The lowest BCUT2D eigenvalue weighted by atomic mass is 10.0. The van der Waals surface area contributed by atoms with Crippen molar-refractivity contribution in [3.63, 3.8) is 0 Å². The summed E-state index contributed by atoms with van der Waals surface area (Å²) < 4.78 is 5.13. The summed E-state index contributed by atoms with van der Waals surface area (Å²) in [5.41, 5.74) is 0.689. The maximum absolute atomic E-state index is 11.2. The highest BCUT2D eigenvalue weighted by Gasteiger charge is 2.07. The van der Waals surface area contributed by atoms with Crippen LogP contribution in [0.3, 0.4) is 0 Å². The van der Waals surface area contributed by atoms with E-state index < -0.39 is 0 Å². The Morgan fingerprint density at radius 3 is 2.62 bits per heavy atom. The average Bonchev–Trinajstić information content (AvgIpc) is 2.29. The molecule has 0 aliphatic carbocycles. The fourth-order valence-corrected chi connectivity index (χ4v) is 1.96. The number of methoxy groups -OCH3 is 1. The molecule has 0 aliphatic heterocycles. The molecule has 2 aromatic rings. The Balaban J connectivity index is 2.69. The number of ether oxygens (including phenoxy) is 1. The van der Waals surface area contributed by atoms with Gasteiger partial charge in [0.2, 0.25) is 0 Å². The number of carbonyl (C=O) groups is 1. The zero-order chi connectivity index (χ0) is 11.7. The number of Topliss-reactive ketones (excluding diaryl/α,β-unsaturated/α-hetero) is 1. The molecule has 0 bridgehead atoms. The Hall–Kier alpha value is -1.54. The van der Waals surface area contributed by atoms with E-state index in [2.05, 4.69) is 0 Å². The lowest BCUT2D eigenvalue weighted by Gasteiger charge is -2.07. The highest BCUT2D eigenvalue weighted by atomic mass is 35.5. The Morgan fingerprint density at radius 2 is 2.00 bits per heavy atom. The lowest BCUT2D eigenvalue weighted by molar-refractivity contribution is 0.101. The minimum absolute atomic E-state index is 0.0499. The van der Waals surface area contributed by atoms with Crippen molar-refractivity contribution in [3.05, 3.63) is 40.9 Å². The van der Waals surface area contributed by atoms with E-state index in [1.807, 2.05) is 18.2 Å². The highest BCUT2D eigenvalue weighted by Crippen LogP contribution is 2.32. The van der Waals surface area contributed by atoms with Crippen LogP contribution in [0.15, 0.2) is 30.3 Å². The summed E-state index contributed by atoms with van der Waals surface area (Å²) in [6, 6.07) is 9.15. The molecular weight excluding hydrogens is 224 g/mol. The molecule has 0 fully saturated rings. The zero-order valence-corrected chi connectivity index (χ0v) is 9.84. The maximum atomic E-state index is 11.2. The number of hydrogen-bond donors (Lipinski definition) is 0. The predicted octanol–water partition coefficient (Wildman–Crippen LogP) is 3.70. The van der Waals surface area contributed by atoms with Crippen LogP contribution >= 0.6 is 11.6 Å². The van der Waals surface area contributed by atoms with E-state index in [1.165, 1.54) is 0 Å². The zero-order valence-electron chi connectivity index (χ0n) is 9.08. The standard InChI is InChI=1S/C13H11ClO2/c1-8(15)9-3-5-11-10(7-9)4-6-12(16-2)13(11)14/h3-7H,1-2H3. The number of halogens is 1. The number of carbonyl (C=O) groups excluding carboxylic acids is 1. The van der Waals surface area contributed by atoms with Crippen molar-refractivity contribution in [1.29, 1.82) is 0 Å². The van der Waals surface area contributed by atoms with Crippen LogP contribution in [0.2, 0.25) is 5.02 Å². The Kier molecular flexibility index (Phi) is 2.84. The fraction of sp³-hybridized carbons (Fsp3) is 0.154. The number of ketones is 1. The van der Waals surface area contributed by atoms with E-state index in [4.69, 9.17) is 16.3 Å². The van der Waals surface area contributed by atoms with Gasteiger partial charge in [-0.25, -0.2) is 0 Å². The van der Waals surface area contributed by atoms with Gasteiger partial charge in [-0.2, -0.15) is 0 Å². The number of fused-ring (bicyclic) bond motifs is 1. The molecule has 0 heterocycles. The first kappa shape index (κ1) is 11.0. The monoisotopic (exact) mass is 234 g/mol. The summed E-state index contributed by atoms with van der Waals surface area (Å²) in [5.74, 6) is 0.693. The van der Waals surface area contributed by atoms with Crippen LogP contribution in [0.1, 0.15) is 17.3 Å². The van der Waals surface area contributed by atoms with E-state index in [1.54, 1.807) is 26.2 Å². The fourth-order valence-electron chi connectivity index (χ4n) is 1.65. The molecule has 0 unspecified atom stereocenters. The van der Waals surface area contributed by atoms with Gasteiger partial charge in [0.1, 0.15) is 5.75 Å². The van der Waals surface area contributed by atoms with Gasteiger partial charge >= 0.3 is 0 Å². The van der Waals surface area contributed by atoms with Crippen LogP contribution in [-0.4, -0.2) is 12.9 Å². The first-order chi connectivity index (χ1) is 7.63. The first-order valence-corrected chi connectivity index (χ1v) is 5.28. The summed E-state index contributed by atoms with van der Waals surface area (Å²) in [6.07, 6.45) is 0. The van der Waals surface area contributed by atoms with Crippen molar-refractivity contribution in [2.75, 3.05) is 7.11 Å². The second kappa shape index (κ2) is 4.14.